The van der Waals surface area contributed by atoms with Gasteiger partial charge in [-0.3, -0.25) is 4.79 Å². The molecule has 2 N–H and O–H groups in total. The number of nitrogens with one attached hydrogen (secondary N) is 2. The molecule has 1 aromatic rings. The fourth-order valence-corrected chi connectivity index (χ4v) is 3.00. The summed E-state index contributed by atoms with van der Waals surface area (Å²) in [5.74, 6) is 0.0486. The highest BCUT2D eigenvalue weighted by Crippen LogP contribution is 2.26. The quantitative estimate of drug-likeness (QED) is 0.840. The fourth-order valence-electron chi connectivity index (χ4n) is 2.05. The summed E-state index contributed by atoms with van der Waals surface area (Å²) in [5, 5.41) is 6.83. The molecule has 0 aromatic heterocycles. The lowest BCUT2D eigenvalue weighted by Crippen LogP contribution is -2.36. The molecular weight excluding hydrogens is 280 g/mol. The maximum Gasteiger partial charge on any atom is 0.252 e. The Balaban J connectivity index is 0.00000180. The first-order chi connectivity index (χ1) is 8.66. The van der Waals surface area contributed by atoms with Gasteiger partial charge in [-0.2, -0.15) is 0 Å². The summed E-state index contributed by atoms with van der Waals surface area (Å²) in [5.41, 5.74) is 0.795. The molecular formula is C14H21ClN2OS. The van der Waals surface area contributed by atoms with Gasteiger partial charge >= 0.3 is 0 Å². The zero-order valence-corrected chi connectivity index (χ0v) is 12.9. The average molecular weight is 301 g/mol. The van der Waals surface area contributed by atoms with Gasteiger partial charge in [-0.1, -0.05) is 26.0 Å². The SMILES string of the molecule is CC(C)Sc1ccccc1C(=O)NC1CCNC1.Cl. The van der Waals surface area contributed by atoms with E-state index in [9.17, 15) is 4.79 Å². The summed E-state index contributed by atoms with van der Waals surface area (Å²) in [4.78, 5) is 13.3. The molecule has 0 saturated carbocycles. The number of rotatable bonds is 4. The second-order valence-electron chi connectivity index (χ2n) is 4.83. The van der Waals surface area contributed by atoms with E-state index in [4.69, 9.17) is 0 Å². The Hall–Kier alpha value is -0.710. The first kappa shape index (κ1) is 16.3. The van der Waals surface area contributed by atoms with Crippen LogP contribution >= 0.6 is 24.2 Å². The van der Waals surface area contributed by atoms with Gasteiger partial charge in [-0.25, -0.2) is 0 Å². The Morgan fingerprint density at radius 1 is 1.42 bits per heavy atom. The van der Waals surface area contributed by atoms with Gasteiger partial charge in [0.1, 0.15) is 0 Å². The van der Waals surface area contributed by atoms with E-state index in [0.29, 0.717) is 5.25 Å². The van der Waals surface area contributed by atoms with Crippen molar-refractivity contribution in [2.75, 3.05) is 13.1 Å². The van der Waals surface area contributed by atoms with Gasteiger partial charge in [0, 0.05) is 22.7 Å². The summed E-state index contributed by atoms with van der Waals surface area (Å²) in [6, 6.07) is 8.11. The van der Waals surface area contributed by atoms with Gasteiger partial charge in [0.25, 0.3) is 5.91 Å². The van der Waals surface area contributed by atoms with E-state index in [-0.39, 0.29) is 24.4 Å². The highest BCUT2D eigenvalue weighted by molar-refractivity contribution is 8.00. The Bertz CT molecular complexity index is 420. The van der Waals surface area contributed by atoms with E-state index in [1.165, 1.54) is 0 Å². The predicted octanol–water partition coefficient (Wildman–Crippen LogP) is 2.70. The highest BCUT2D eigenvalue weighted by atomic mass is 35.5. The van der Waals surface area contributed by atoms with Crippen molar-refractivity contribution < 1.29 is 4.79 Å². The summed E-state index contributed by atoms with van der Waals surface area (Å²) in [6.45, 7) is 6.15. The highest BCUT2D eigenvalue weighted by Gasteiger charge is 2.19. The summed E-state index contributed by atoms with van der Waals surface area (Å²) in [7, 11) is 0. The van der Waals surface area contributed by atoms with Crippen molar-refractivity contribution in [2.45, 2.75) is 36.5 Å². The smallest absolute Gasteiger partial charge is 0.252 e. The molecule has 1 aliphatic rings. The van der Waals surface area contributed by atoms with Gasteiger partial charge in [0.05, 0.1) is 5.56 Å². The van der Waals surface area contributed by atoms with E-state index >= 15 is 0 Å². The third kappa shape index (κ3) is 4.71. The Morgan fingerprint density at radius 2 is 2.16 bits per heavy atom. The molecule has 1 atom stereocenters. The molecule has 5 heteroatoms. The molecule has 2 rings (SSSR count). The normalized spacial score (nSPS) is 18.2. The average Bonchev–Trinajstić information content (AvgIpc) is 2.81. The summed E-state index contributed by atoms with van der Waals surface area (Å²) in [6.07, 6.45) is 1.02. The van der Waals surface area contributed by atoms with Crippen LogP contribution in [0, 0.1) is 0 Å². The van der Waals surface area contributed by atoms with Crippen LogP contribution in [0.15, 0.2) is 29.2 Å². The maximum absolute atomic E-state index is 12.3. The first-order valence-corrected chi connectivity index (χ1v) is 7.32. The van der Waals surface area contributed by atoms with Crippen molar-refractivity contribution in [3.05, 3.63) is 29.8 Å². The minimum absolute atomic E-state index is 0. The van der Waals surface area contributed by atoms with Crippen LogP contribution in [0.2, 0.25) is 0 Å². The third-order valence-electron chi connectivity index (χ3n) is 2.89. The second kappa shape index (κ2) is 7.78. The van der Waals surface area contributed by atoms with Crippen LogP contribution in [0.5, 0.6) is 0 Å². The molecule has 0 spiro atoms. The maximum atomic E-state index is 12.3. The number of hydrogen-bond donors (Lipinski definition) is 2. The van der Waals surface area contributed by atoms with Crippen LogP contribution in [-0.4, -0.2) is 30.3 Å². The number of hydrogen-bond acceptors (Lipinski definition) is 3. The van der Waals surface area contributed by atoms with Crippen LogP contribution < -0.4 is 10.6 Å². The molecule has 19 heavy (non-hydrogen) atoms. The van der Waals surface area contributed by atoms with Crippen molar-refractivity contribution in [2.24, 2.45) is 0 Å². The number of benzene rings is 1. The van der Waals surface area contributed by atoms with Crippen molar-refractivity contribution in [3.8, 4) is 0 Å². The van der Waals surface area contributed by atoms with Gasteiger partial charge in [0.2, 0.25) is 0 Å². The van der Waals surface area contributed by atoms with Crippen LogP contribution in [0.3, 0.4) is 0 Å². The van der Waals surface area contributed by atoms with E-state index < -0.39 is 0 Å². The molecule has 0 radical (unpaired) electrons. The number of carbonyl (C=O) groups excluding carboxylic acids is 1. The molecule has 1 heterocycles. The minimum atomic E-state index is 0. The molecule has 0 bridgehead atoms. The lowest BCUT2D eigenvalue weighted by atomic mass is 10.2. The van der Waals surface area contributed by atoms with E-state index in [1.54, 1.807) is 11.8 Å². The number of amides is 1. The Labute approximate surface area is 125 Å². The number of carbonyl (C=O) groups is 1. The molecule has 106 valence electrons. The summed E-state index contributed by atoms with van der Waals surface area (Å²) < 4.78 is 0. The van der Waals surface area contributed by atoms with Crippen molar-refractivity contribution >= 4 is 30.1 Å². The van der Waals surface area contributed by atoms with Crippen molar-refractivity contribution in [3.63, 3.8) is 0 Å². The monoisotopic (exact) mass is 300 g/mol. The Morgan fingerprint density at radius 3 is 2.79 bits per heavy atom. The van der Waals surface area contributed by atoms with Crippen molar-refractivity contribution in [1.82, 2.24) is 10.6 Å². The predicted molar refractivity (Wildman–Crippen MR) is 83.4 cm³/mol. The van der Waals surface area contributed by atoms with Gasteiger partial charge in [-0.05, 0) is 25.1 Å². The topological polar surface area (TPSA) is 41.1 Å². The van der Waals surface area contributed by atoms with Gasteiger partial charge < -0.3 is 10.6 Å². The fraction of sp³-hybridized carbons (Fsp3) is 0.500. The lowest BCUT2D eigenvalue weighted by molar-refractivity contribution is 0.0937. The van der Waals surface area contributed by atoms with E-state index in [0.717, 1.165) is 30.0 Å². The lowest BCUT2D eigenvalue weighted by Gasteiger charge is -2.14. The van der Waals surface area contributed by atoms with Crippen LogP contribution in [0.4, 0.5) is 0 Å². The minimum Gasteiger partial charge on any atom is -0.348 e. The molecule has 1 saturated heterocycles. The standard InChI is InChI=1S/C14H20N2OS.ClH/c1-10(2)18-13-6-4-3-5-12(13)14(17)16-11-7-8-15-9-11;/h3-6,10-11,15H,7-9H2,1-2H3,(H,16,17);1H. The van der Waals surface area contributed by atoms with Gasteiger partial charge in [-0.15, -0.1) is 24.2 Å². The first-order valence-electron chi connectivity index (χ1n) is 6.44. The molecule has 1 aliphatic heterocycles. The zero-order chi connectivity index (χ0) is 13.0. The molecule has 1 amide bonds. The van der Waals surface area contributed by atoms with E-state index in [1.807, 2.05) is 24.3 Å². The summed E-state index contributed by atoms with van der Waals surface area (Å²) >= 11 is 1.73. The number of halogens is 1. The van der Waals surface area contributed by atoms with Crippen LogP contribution in [0.1, 0.15) is 30.6 Å². The Kier molecular flexibility index (Phi) is 6.69. The zero-order valence-electron chi connectivity index (χ0n) is 11.3. The van der Waals surface area contributed by atoms with Crippen LogP contribution in [0.25, 0.3) is 0 Å². The molecule has 1 aromatic carbocycles. The molecule has 0 aliphatic carbocycles. The largest absolute Gasteiger partial charge is 0.348 e. The van der Waals surface area contributed by atoms with Gasteiger partial charge in [0.15, 0.2) is 0 Å². The van der Waals surface area contributed by atoms with Crippen molar-refractivity contribution in [1.29, 1.82) is 0 Å². The van der Waals surface area contributed by atoms with E-state index in [2.05, 4.69) is 24.5 Å². The molecule has 1 unspecified atom stereocenters. The molecule has 1 fully saturated rings. The number of thioether (sulfide) groups is 1. The third-order valence-corrected chi connectivity index (χ3v) is 3.97. The second-order valence-corrected chi connectivity index (χ2v) is 6.44. The molecule has 3 nitrogen and oxygen atoms in total. The van der Waals surface area contributed by atoms with Crippen LogP contribution in [-0.2, 0) is 0 Å².